The molecular formula is C16H19NOS. The van der Waals surface area contributed by atoms with Gasteiger partial charge in [0.15, 0.2) is 0 Å². The number of hydrogen-bond donors (Lipinski definition) is 2. The van der Waals surface area contributed by atoms with E-state index in [4.69, 9.17) is 5.11 Å². The first kappa shape index (κ1) is 12.7. The van der Waals surface area contributed by atoms with Crippen molar-refractivity contribution in [3.8, 4) is 0 Å². The summed E-state index contributed by atoms with van der Waals surface area (Å²) < 4.78 is 0. The standard InChI is InChI=1S/C16H19NOS/c18-10-8-12-4-6-13(7-5-12)17-15-2-1-3-16-14(15)9-11-19-16/h4-7,9,11,15,17-18H,1-3,8,10H2. The number of fused-ring (bicyclic) bond motifs is 1. The van der Waals surface area contributed by atoms with Gasteiger partial charge in [0.2, 0.25) is 0 Å². The second-order valence-electron chi connectivity index (χ2n) is 5.06. The number of anilines is 1. The monoisotopic (exact) mass is 273 g/mol. The summed E-state index contributed by atoms with van der Waals surface area (Å²) in [5, 5.41) is 14.8. The minimum atomic E-state index is 0.216. The highest BCUT2D eigenvalue weighted by molar-refractivity contribution is 7.10. The van der Waals surface area contributed by atoms with Crippen molar-refractivity contribution in [2.45, 2.75) is 31.7 Å². The van der Waals surface area contributed by atoms with E-state index in [-0.39, 0.29) is 6.61 Å². The Morgan fingerprint density at radius 2 is 2.05 bits per heavy atom. The SMILES string of the molecule is OCCc1ccc(NC2CCCc3sccc32)cc1. The van der Waals surface area contributed by atoms with Gasteiger partial charge in [-0.2, -0.15) is 0 Å². The third kappa shape index (κ3) is 2.82. The van der Waals surface area contributed by atoms with E-state index in [2.05, 4.69) is 41.0 Å². The molecule has 3 heteroatoms. The molecule has 2 aromatic rings. The van der Waals surface area contributed by atoms with Gasteiger partial charge in [0.05, 0.1) is 6.04 Å². The number of benzene rings is 1. The molecule has 0 saturated heterocycles. The van der Waals surface area contributed by atoms with Crippen LogP contribution in [0.15, 0.2) is 35.7 Å². The van der Waals surface area contributed by atoms with Crippen molar-refractivity contribution in [2.75, 3.05) is 11.9 Å². The maximum absolute atomic E-state index is 8.92. The van der Waals surface area contributed by atoms with Crippen LogP contribution >= 0.6 is 11.3 Å². The van der Waals surface area contributed by atoms with Gasteiger partial charge in [-0.15, -0.1) is 11.3 Å². The van der Waals surface area contributed by atoms with Gasteiger partial charge in [0.25, 0.3) is 0 Å². The first-order valence-electron chi connectivity index (χ1n) is 6.89. The van der Waals surface area contributed by atoms with Crippen molar-refractivity contribution in [1.29, 1.82) is 0 Å². The molecule has 2 N–H and O–H groups in total. The van der Waals surface area contributed by atoms with E-state index in [0.29, 0.717) is 6.04 Å². The van der Waals surface area contributed by atoms with Crippen LogP contribution in [0.2, 0.25) is 0 Å². The summed E-state index contributed by atoms with van der Waals surface area (Å²) in [5.74, 6) is 0. The van der Waals surface area contributed by atoms with E-state index < -0.39 is 0 Å². The Hall–Kier alpha value is -1.32. The molecule has 1 aromatic carbocycles. The van der Waals surface area contributed by atoms with E-state index in [9.17, 15) is 0 Å². The summed E-state index contributed by atoms with van der Waals surface area (Å²) in [6.45, 7) is 0.216. The van der Waals surface area contributed by atoms with E-state index >= 15 is 0 Å². The van der Waals surface area contributed by atoms with Crippen LogP contribution in [0, 0.1) is 0 Å². The molecule has 0 amide bonds. The number of thiophene rings is 1. The van der Waals surface area contributed by atoms with Crippen molar-refractivity contribution in [2.24, 2.45) is 0 Å². The number of hydrogen-bond acceptors (Lipinski definition) is 3. The van der Waals surface area contributed by atoms with Crippen LogP contribution in [-0.2, 0) is 12.8 Å². The number of aliphatic hydroxyl groups is 1. The van der Waals surface area contributed by atoms with Gasteiger partial charge in [-0.25, -0.2) is 0 Å². The van der Waals surface area contributed by atoms with Crippen LogP contribution in [0.25, 0.3) is 0 Å². The molecule has 100 valence electrons. The number of nitrogens with one attached hydrogen (secondary N) is 1. The van der Waals surface area contributed by atoms with Gasteiger partial charge >= 0.3 is 0 Å². The summed E-state index contributed by atoms with van der Waals surface area (Å²) in [6.07, 6.45) is 4.45. The normalized spacial score (nSPS) is 18.1. The fourth-order valence-corrected chi connectivity index (χ4v) is 3.72. The third-order valence-corrected chi connectivity index (χ3v) is 4.74. The number of aryl methyl sites for hydroxylation is 1. The van der Waals surface area contributed by atoms with Crippen molar-refractivity contribution in [3.63, 3.8) is 0 Å². The summed E-state index contributed by atoms with van der Waals surface area (Å²) in [7, 11) is 0. The van der Waals surface area contributed by atoms with Crippen LogP contribution in [0.1, 0.15) is 34.9 Å². The minimum Gasteiger partial charge on any atom is -0.396 e. The molecule has 1 unspecified atom stereocenters. The topological polar surface area (TPSA) is 32.3 Å². The van der Waals surface area contributed by atoms with Gasteiger partial charge in [-0.3, -0.25) is 0 Å². The molecule has 1 atom stereocenters. The van der Waals surface area contributed by atoms with E-state index in [1.165, 1.54) is 36.1 Å². The van der Waals surface area contributed by atoms with Crippen LogP contribution in [0.5, 0.6) is 0 Å². The van der Waals surface area contributed by atoms with E-state index in [1.807, 2.05) is 11.3 Å². The van der Waals surface area contributed by atoms with Gasteiger partial charge < -0.3 is 10.4 Å². The smallest absolute Gasteiger partial charge is 0.0524 e. The Bertz CT molecular complexity index is 532. The molecule has 0 spiro atoms. The number of rotatable bonds is 4. The Labute approximate surface area is 118 Å². The van der Waals surface area contributed by atoms with Crippen molar-refractivity contribution in [3.05, 3.63) is 51.7 Å². The van der Waals surface area contributed by atoms with Crippen LogP contribution in [0.4, 0.5) is 5.69 Å². The highest BCUT2D eigenvalue weighted by atomic mass is 32.1. The molecule has 0 radical (unpaired) electrons. The average molecular weight is 273 g/mol. The number of aliphatic hydroxyl groups excluding tert-OH is 1. The second-order valence-corrected chi connectivity index (χ2v) is 6.06. The maximum atomic E-state index is 8.92. The van der Waals surface area contributed by atoms with Crippen LogP contribution in [0.3, 0.4) is 0 Å². The first-order valence-corrected chi connectivity index (χ1v) is 7.77. The fraction of sp³-hybridized carbons (Fsp3) is 0.375. The molecular weight excluding hydrogens is 254 g/mol. The summed E-state index contributed by atoms with van der Waals surface area (Å²) >= 11 is 1.88. The zero-order chi connectivity index (χ0) is 13.1. The third-order valence-electron chi connectivity index (χ3n) is 3.75. The first-order chi connectivity index (χ1) is 9.36. The Morgan fingerprint density at radius 1 is 1.21 bits per heavy atom. The molecule has 1 aliphatic carbocycles. The molecule has 1 aromatic heterocycles. The largest absolute Gasteiger partial charge is 0.396 e. The molecule has 3 rings (SSSR count). The lowest BCUT2D eigenvalue weighted by atomic mass is 9.94. The molecule has 0 fully saturated rings. The lowest BCUT2D eigenvalue weighted by Crippen LogP contribution is -2.15. The second kappa shape index (κ2) is 5.76. The summed E-state index contributed by atoms with van der Waals surface area (Å²) in [5.41, 5.74) is 3.84. The molecule has 0 aliphatic heterocycles. The van der Waals surface area contributed by atoms with Crippen LogP contribution in [-0.4, -0.2) is 11.7 Å². The molecule has 1 aliphatic rings. The van der Waals surface area contributed by atoms with Gasteiger partial charge in [-0.1, -0.05) is 12.1 Å². The molecule has 2 nitrogen and oxygen atoms in total. The minimum absolute atomic E-state index is 0.216. The average Bonchev–Trinajstić information content (AvgIpc) is 2.91. The highest BCUT2D eigenvalue weighted by Crippen LogP contribution is 2.35. The zero-order valence-corrected chi connectivity index (χ0v) is 11.7. The lowest BCUT2D eigenvalue weighted by molar-refractivity contribution is 0.299. The fourth-order valence-electron chi connectivity index (χ4n) is 2.73. The predicted octanol–water partition coefficient (Wildman–Crippen LogP) is 3.77. The molecule has 1 heterocycles. The van der Waals surface area contributed by atoms with Gasteiger partial charge in [0, 0.05) is 17.2 Å². The quantitative estimate of drug-likeness (QED) is 0.888. The Kier molecular flexibility index (Phi) is 3.85. The van der Waals surface area contributed by atoms with Gasteiger partial charge in [-0.05, 0) is 60.4 Å². The summed E-state index contributed by atoms with van der Waals surface area (Å²) in [4.78, 5) is 1.54. The highest BCUT2D eigenvalue weighted by Gasteiger charge is 2.20. The van der Waals surface area contributed by atoms with Crippen molar-refractivity contribution >= 4 is 17.0 Å². The zero-order valence-electron chi connectivity index (χ0n) is 10.9. The Balaban J connectivity index is 1.72. The molecule has 0 saturated carbocycles. The van der Waals surface area contributed by atoms with E-state index in [1.54, 1.807) is 4.88 Å². The lowest BCUT2D eigenvalue weighted by Gasteiger charge is -2.24. The Morgan fingerprint density at radius 3 is 2.84 bits per heavy atom. The van der Waals surface area contributed by atoms with Crippen LogP contribution < -0.4 is 5.32 Å². The summed E-state index contributed by atoms with van der Waals surface area (Å²) in [6, 6.07) is 11.1. The maximum Gasteiger partial charge on any atom is 0.0524 e. The van der Waals surface area contributed by atoms with E-state index in [0.717, 1.165) is 6.42 Å². The molecule has 19 heavy (non-hydrogen) atoms. The van der Waals surface area contributed by atoms with Crippen molar-refractivity contribution < 1.29 is 5.11 Å². The molecule has 0 bridgehead atoms. The predicted molar refractivity (Wildman–Crippen MR) is 80.9 cm³/mol. The van der Waals surface area contributed by atoms with Crippen molar-refractivity contribution in [1.82, 2.24) is 0 Å². The van der Waals surface area contributed by atoms with Gasteiger partial charge in [0.1, 0.15) is 0 Å².